The van der Waals surface area contributed by atoms with Crippen LogP contribution in [-0.4, -0.2) is 60.0 Å². The third-order valence-corrected chi connectivity index (χ3v) is 9.18. The quantitative estimate of drug-likeness (QED) is 0.159. The van der Waals surface area contributed by atoms with Gasteiger partial charge in [-0.15, -0.1) is 0 Å². The normalized spacial score (nSPS) is 12.9. The lowest BCUT2D eigenvalue weighted by molar-refractivity contribution is -0.118. The number of nitrogens with one attached hydrogen (secondary N) is 1. The zero-order chi connectivity index (χ0) is 32.8. The Kier molecular flexibility index (Phi) is 10.2. The molecular weight excluding hydrogens is 604 g/mol. The van der Waals surface area contributed by atoms with Crippen molar-refractivity contribution in [1.82, 2.24) is 15.1 Å². The van der Waals surface area contributed by atoms with Crippen LogP contribution in [0.2, 0.25) is 0 Å². The van der Waals surface area contributed by atoms with Gasteiger partial charge in [0.15, 0.2) is 0 Å². The highest BCUT2D eigenvalue weighted by Gasteiger charge is 2.25. The molecule has 1 aliphatic heterocycles. The van der Waals surface area contributed by atoms with E-state index in [1.54, 1.807) is 18.2 Å². The predicted molar refractivity (Wildman–Crippen MR) is 178 cm³/mol. The van der Waals surface area contributed by atoms with Crippen LogP contribution in [0.5, 0.6) is 5.75 Å². The molecule has 2 N–H and O–H groups in total. The number of carbonyl (C=O) groups is 2. The molecule has 0 saturated carbocycles. The summed E-state index contributed by atoms with van der Waals surface area (Å²) in [5, 5.41) is 7.17. The smallest absolute Gasteiger partial charge is 0.266 e. The van der Waals surface area contributed by atoms with Crippen molar-refractivity contribution < 1.29 is 27.3 Å². The van der Waals surface area contributed by atoms with E-state index < -0.39 is 21.8 Å². The molecule has 3 aromatic carbocycles. The summed E-state index contributed by atoms with van der Waals surface area (Å²) < 4.78 is 38.7. The number of anilines is 1. The van der Waals surface area contributed by atoms with E-state index in [9.17, 15) is 18.0 Å². The van der Waals surface area contributed by atoms with Crippen LogP contribution in [0.4, 0.5) is 5.69 Å². The Labute approximate surface area is 270 Å². The van der Waals surface area contributed by atoms with E-state index in [1.807, 2.05) is 60.0 Å². The molecule has 0 unspecified atom stereocenters. The van der Waals surface area contributed by atoms with Crippen molar-refractivity contribution >= 4 is 27.6 Å². The minimum absolute atomic E-state index is 0.0944. The molecule has 11 heteroatoms. The lowest BCUT2D eigenvalue weighted by Crippen LogP contribution is -2.35. The second-order valence-electron chi connectivity index (χ2n) is 11.6. The number of rotatable bonds is 12. The summed E-state index contributed by atoms with van der Waals surface area (Å²) in [4.78, 5) is 27.8. The Balaban J connectivity index is 1.25. The summed E-state index contributed by atoms with van der Waals surface area (Å²) in [5.74, 6) is -0.0148. The van der Waals surface area contributed by atoms with E-state index in [0.717, 1.165) is 57.8 Å². The third-order valence-electron chi connectivity index (χ3n) is 8.46. The average molecular weight is 645 g/mol. The molecule has 5 rings (SSSR count). The van der Waals surface area contributed by atoms with Gasteiger partial charge in [0, 0.05) is 42.0 Å². The van der Waals surface area contributed by atoms with E-state index in [4.69, 9.17) is 9.29 Å². The number of aryl methyl sites for hydroxylation is 1. The third kappa shape index (κ3) is 7.83. The van der Waals surface area contributed by atoms with Crippen molar-refractivity contribution in [3.05, 3.63) is 100 Å². The fourth-order valence-corrected chi connectivity index (χ4v) is 6.17. The molecule has 242 valence electrons. The molecule has 0 radical (unpaired) electrons. The van der Waals surface area contributed by atoms with Crippen LogP contribution >= 0.6 is 0 Å². The lowest BCUT2D eigenvalue weighted by Gasteiger charge is -2.31. The Morgan fingerprint density at radius 2 is 1.80 bits per heavy atom. The zero-order valence-corrected chi connectivity index (χ0v) is 27.3. The number of nitrogens with zero attached hydrogens (tertiary/aromatic N) is 3. The zero-order valence-electron chi connectivity index (χ0n) is 26.5. The highest BCUT2D eigenvalue weighted by Crippen LogP contribution is 2.37. The van der Waals surface area contributed by atoms with Crippen LogP contribution in [0.25, 0.3) is 11.1 Å². The summed E-state index contributed by atoms with van der Waals surface area (Å²) in [6, 6.07) is 19.2. The first-order chi connectivity index (χ1) is 22.0. The highest BCUT2D eigenvalue weighted by molar-refractivity contribution is 7.85. The van der Waals surface area contributed by atoms with E-state index in [2.05, 4.69) is 29.5 Å². The van der Waals surface area contributed by atoms with Gasteiger partial charge in [-0.2, -0.15) is 13.5 Å². The van der Waals surface area contributed by atoms with E-state index >= 15 is 0 Å². The van der Waals surface area contributed by atoms with E-state index in [0.29, 0.717) is 38.1 Å². The maximum absolute atomic E-state index is 13.4. The van der Waals surface area contributed by atoms with Gasteiger partial charge in [-0.1, -0.05) is 36.4 Å². The van der Waals surface area contributed by atoms with Gasteiger partial charge in [-0.3, -0.25) is 18.8 Å². The summed E-state index contributed by atoms with van der Waals surface area (Å²) in [5.41, 5.74) is 8.65. The van der Waals surface area contributed by atoms with Crippen molar-refractivity contribution in [3.63, 3.8) is 0 Å². The number of aromatic nitrogens is 2. The minimum Gasteiger partial charge on any atom is -0.493 e. The molecule has 0 fully saturated rings. The number of ether oxygens (including phenoxy) is 1. The van der Waals surface area contributed by atoms with Gasteiger partial charge in [0.05, 0.1) is 25.1 Å². The van der Waals surface area contributed by atoms with Crippen LogP contribution < -0.4 is 15.0 Å². The topological polar surface area (TPSA) is 131 Å². The van der Waals surface area contributed by atoms with Gasteiger partial charge in [0.25, 0.3) is 16.0 Å². The molecule has 0 spiro atoms. The summed E-state index contributed by atoms with van der Waals surface area (Å²) >= 11 is 0. The van der Waals surface area contributed by atoms with Gasteiger partial charge in [0.1, 0.15) is 5.75 Å². The monoisotopic (exact) mass is 644 g/mol. The van der Waals surface area contributed by atoms with E-state index in [1.165, 1.54) is 5.56 Å². The van der Waals surface area contributed by atoms with Crippen molar-refractivity contribution in [1.29, 1.82) is 0 Å². The average Bonchev–Trinajstić information content (AvgIpc) is 3.39. The molecule has 1 aliphatic rings. The summed E-state index contributed by atoms with van der Waals surface area (Å²) in [6.07, 6.45) is 4.63. The van der Waals surface area contributed by atoms with Crippen LogP contribution in [0.3, 0.4) is 0 Å². The Morgan fingerprint density at radius 1 is 1.02 bits per heavy atom. The summed E-state index contributed by atoms with van der Waals surface area (Å²) in [7, 11) is -4.16. The van der Waals surface area contributed by atoms with Gasteiger partial charge in [-0.25, -0.2) is 0 Å². The number of hydrogen-bond donors (Lipinski definition) is 2. The van der Waals surface area contributed by atoms with Gasteiger partial charge in [0.2, 0.25) is 5.91 Å². The molecule has 4 aromatic rings. The fraction of sp³-hybridized carbons (Fsp3) is 0.343. The largest absolute Gasteiger partial charge is 0.493 e. The molecule has 2 heterocycles. The lowest BCUT2D eigenvalue weighted by atomic mass is 9.92. The molecule has 0 aliphatic carbocycles. The summed E-state index contributed by atoms with van der Waals surface area (Å²) in [6.45, 7) is 7.53. The molecule has 0 saturated heterocycles. The van der Waals surface area contributed by atoms with Crippen molar-refractivity contribution in [3.8, 4) is 16.9 Å². The second kappa shape index (κ2) is 14.3. The van der Waals surface area contributed by atoms with Crippen molar-refractivity contribution in [2.75, 3.05) is 30.3 Å². The second-order valence-corrected chi connectivity index (χ2v) is 13.2. The highest BCUT2D eigenvalue weighted by atomic mass is 32.2. The molecule has 0 bridgehead atoms. The Bertz CT molecular complexity index is 1850. The molecule has 10 nitrogen and oxygen atoms in total. The Morgan fingerprint density at radius 3 is 2.61 bits per heavy atom. The predicted octanol–water partition coefficient (Wildman–Crippen LogP) is 5.28. The van der Waals surface area contributed by atoms with Crippen molar-refractivity contribution in [2.24, 2.45) is 0 Å². The van der Waals surface area contributed by atoms with Gasteiger partial charge in [-0.05, 0) is 92.1 Å². The number of fused-ring (bicyclic) bond motifs is 1. The first-order valence-electron chi connectivity index (χ1n) is 15.5. The number of amides is 2. The van der Waals surface area contributed by atoms with Crippen molar-refractivity contribution in [2.45, 2.75) is 53.0 Å². The molecular formula is C35H40N4O6S. The number of carbonyl (C=O) groups excluding carboxylic acids is 2. The molecule has 46 heavy (non-hydrogen) atoms. The van der Waals surface area contributed by atoms with Crippen LogP contribution in [0, 0.1) is 20.8 Å². The fourth-order valence-electron chi connectivity index (χ4n) is 5.81. The van der Waals surface area contributed by atoms with Gasteiger partial charge >= 0.3 is 0 Å². The van der Waals surface area contributed by atoms with Gasteiger partial charge < -0.3 is 15.0 Å². The molecule has 1 aromatic heterocycles. The maximum atomic E-state index is 13.4. The van der Waals surface area contributed by atoms with Crippen LogP contribution in [0.15, 0.2) is 66.9 Å². The van der Waals surface area contributed by atoms with E-state index in [-0.39, 0.29) is 12.5 Å². The molecule has 0 atom stereocenters. The Hall–Kier alpha value is -4.48. The first-order valence-corrected chi connectivity index (χ1v) is 17.1. The van der Waals surface area contributed by atoms with Crippen LogP contribution in [0.1, 0.15) is 57.6 Å². The first kappa shape index (κ1) is 32.9. The number of benzene rings is 3. The standard InChI is InChI=1S/C35H40N4O6S/c1-24-9-4-15-33(25(24)2)45-19-8-16-34(40)38-18-7-13-30-29(12-6-14-32(30)38)31-22-37-39(26(31)3)23-27-10-5-11-28(21-27)35(41)36-17-20-46(42,43)44/h4-6,9-12,14-15,21-22H,7-8,13,16-20,23H2,1-3H3,(H,36,41)(H,42,43,44). The maximum Gasteiger partial charge on any atom is 0.266 e. The minimum atomic E-state index is -4.16. The number of hydrogen-bond acceptors (Lipinski definition) is 6. The SMILES string of the molecule is Cc1cccc(OCCCC(=O)N2CCCc3c(-c4cnn(Cc5cccc(C(=O)NCCS(=O)(=O)O)c5)c4C)cccc32)c1C. The molecule has 2 amide bonds. The van der Waals surface area contributed by atoms with Crippen LogP contribution in [-0.2, 0) is 27.9 Å².